The summed E-state index contributed by atoms with van der Waals surface area (Å²) in [7, 11) is 0. The van der Waals surface area contributed by atoms with Crippen LogP contribution in [-0.2, 0) is 0 Å². The molecule has 84 valence electrons. The van der Waals surface area contributed by atoms with Crippen molar-refractivity contribution in [2.24, 2.45) is 0 Å². The van der Waals surface area contributed by atoms with E-state index in [9.17, 15) is 0 Å². The lowest BCUT2D eigenvalue weighted by Crippen LogP contribution is -2.23. The SMILES string of the molecule is CCOc1cccc(OC(C)(C)C)c1N. The molecule has 0 bridgehead atoms. The number of benzene rings is 1. The molecule has 0 heterocycles. The number of ether oxygens (including phenoxy) is 2. The van der Waals surface area contributed by atoms with Gasteiger partial charge in [0.15, 0.2) is 0 Å². The first kappa shape index (κ1) is 11.7. The van der Waals surface area contributed by atoms with Gasteiger partial charge in [0, 0.05) is 0 Å². The van der Waals surface area contributed by atoms with Crippen molar-refractivity contribution >= 4 is 5.69 Å². The van der Waals surface area contributed by atoms with Crippen molar-refractivity contribution < 1.29 is 9.47 Å². The lowest BCUT2D eigenvalue weighted by Gasteiger charge is -2.23. The highest BCUT2D eigenvalue weighted by Gasteiger charge is 2.15. The summed E-state index contributed by atoms with van der Waals surface area (Å²) in [5.41, 5.74) is 6.24. The van der Waals surface area contributed by atoms with Gasteiger partial charge in [-0.2, -0.15) is 0 Å². The lowest BCUT2D eigenvalue weighted by molar-refractivity contribution is 0.131. The molecule has 0 saturated heterocycles. The first-order valence-corrected chi connectivity index (χ1v) is 5.14. The van der Waals surface area contributed by atoms with Crippen molar-refractivity contribution in [3.63, 3.8) is 0 Å². The van der Waals surface area contributed by atoms with Gasteiger partial charge < -0.3 is 15.2 Å². The van der Waals surface area contributed by atoms with Gasteiger partial charge in [0.1, 0.15) is 22.8 Å². The van der Waals surface area contributed by atoms with Crippen molar-refractivity contribution in [3.8, 4) is 11.5 Å². The fourth-order valence-corrected chi connectivity index (χ4v) is 1.22. The number of para-hydroxylation sites is 1. The maximum atomic E-state index is 5.93. The Hall–Kier alpha value is -1.38. The molecule has 0 aliphatic heterocycles. The summed E-state index contributed by atoms with van der Waals surface area (Å²) in [5, 5.41) is 0. The Morgan fingerprint density at radius 3 is 2.33 bits per heavy atom. The van der Waals surface area contributed by atoms with Crippen LogP contribution in [0.25, 0.3) is 0 Å². The molecule has 0 radical (unpaired) electrons. The minimum absolute atomic E-state index is 0.251. The van der Waals surface area contributed by atoms with E-state index >= 15 is 0 Å². The monoisotopic (exact) mass is 209 g/mol. The largest absolute Gasteiger partial charge is 0.492 e. The molecule has 0 unspecified atom stereocenters. The molecule has 1 rings (SSSR count). The number of hydrogen-bond donors (Lipinski definition) is 1. The van der Waals surface area contributed by atoms with Crippen molar-refractivity contribution in [2.75, 3.05) is 12.3 Å². The van der Waals surface area contributed by atoms with E-state index in [1.807, 2.05) is 45.9 Å². The predicted octanol–water partition coefficient (Wildman–Crippen LogP) is 2.84. The van der Waals surface area contributed by atoms with Gasteiger partial charge in [-0.25, -0.2) is 0 Å². The molecule has 2 N–H and O–H groups in total. The second-order valence-electron chi connectivity index (χ2n) is 4.32. The average molecular weight is 209 g/mol. The number of hydrogen-bond acceptors (Lipinski definition) is 3. The van der Waals surface area contributed by atoms with Crippen LogP contribution in [0.1, 0.15) is 27.7 Å². The molecule has 0 fully saturated rings. The molecule has 0 aliphatic carbocycles. The molecule has 3 heteroatoms. The Morgan fingerprint density at radius 1 is 1.20 bits per heavy atom. The maximum absolute atomic E-state index is 5.93. The van der Waals surface area contributed by atoms with E-state index in [0.717, 1.165) is 0 Å². The third-order valence-corrected chi connectivity index (χ3v) is 1.74. The summed E-state index contributed by atoms with van der Waals surface area (Å²) in [6.45, 7) is 8.49. The molecule has 1 aromatic rings. The Bertz CT molecular complexity index is 329. The highest BCUT2D eigenvalue weighted by atomic mass is 16.5. The van der Waals surface area contributed by atoms with Crippen LogP contribution in [0.4, 0.5) is 5.69 Å². The summed E-state index contributed by atoms with van der Waals surface area (Å²) >= 11 is 0. The van der Waals surface area contributed by atoms with Gasteiger partial charge in [0.25, 0.3) is 0 Å². The Morgan fingerprint density at radius 2 is 1.80 bits per heavy atom. The molecule has 0 spiro atoms. The number of rotatable bonds is 3. The third-order valence-electron chi connectivity index (χ3n) is 1.74. The fraction of sp³-hybridized carbons (Fsp3) is 0.500. The fourth-order valence-electron chi connectivity index (χ4n) is 1.22. The van der Waals surface area contributed by atoms with Gasteiger partial charge in [0.2, 0.25) is 0 Å². The Balaban J connectivity index is 2.94. The van der Waals surface area contributed by atoms with Crippen LogP contribution >= 0.6 is 0 Å². The predicted molar refractivity (Wildman–Crippen MR) is 62.4 cm³/mol. The van der Waals surface area contributed by atoms with E-state index in [2.05, 4.69) is 0 Å². The van der Waals surface area contributed by atoms with Crippen LogP contribution < -0.4 is 15.2 Å². The quantitative estimate of drug-likeness (QED) is 0.778. The van der Waals surface area contributed by atoms with Crippen molar-refractivity contribution in [2.45, 2.75) is 33.3 Å². The van der Waals surface area contributed by atoms with Crippen LogP contribution in [0, 0.1) is 0 Å². The highest BCUT2D eigenvalue weighted by molar-refractivity contribution is 5.62. The molecule has 1 aromatic carbocycles. The average Bonchev–Trinajstić information content (AvgIpc) is 2.10. The molecule has 3 nitrogen and oxygen atoms in total. The number of anilines is 1. The van der Waals surface area contributed by atoms with E-state index in [4.69, 9.17) is 15.2 Å². The van der Waals surface area contributed by atoms with Gasteiger partial charge >= 0.3 is 0 Å². The number of nitrogens with two attached hydrogens (primary N) is 1. The van der Waals surface area contributed by atoms with Crippen LogP contribution in [0.3, 0.4) is 0 Å². The topological polar surface area (TPSA) is 44.5 Å². The zero-order valence-electron chi connectivity index (χ0n) is 9.83. The molecular formula is C12H19NO2. The molecule has 0 aromatic heterocycles. The Labute approximate surface area is 91.2 Å². The maximum Gasteiger partial charge on any atom is 0.146 e. The zero-order valence-corrected chi connectivity index (χ0v) is 9.83. The second-order valence-corrected chi connectivity index (χ2v) is 4.32. The van der Waals surface area contributed by atoms with Crippen LogP contribution in [0.5, 0.6) is 11.5 Å². The van der Waals surface area contributed by atoms with Gasteiger partial charge in [-0.15, -0.1) is 0 Å². The van der Waals surface area contributed by atoms with E-state index in [-0.39, 0.29) is 5.60 Å². The van der Waals surface area contributed by atoms with Gasteiger partial charge in [-0.1, -0.05) is 6.07 Å². The highest BCUT2D eigenvalue weighted by Crippen LogP contribution is 2.33. The third kappa shape index (κ3) is 3.35. The second kappa shape index (κ2) is 4.43. The van der Waals surface area contributed by atoms with Crippen molar-refractivity contribution in [3.05, 3.63) is 18.2 Å². The lowest BCUT2D eigenvalue weighted by atomic mass is 10.2. The van der Waals surface area contributed by atoms with Crippen LogP contribution in [0.15, 0.2) is 18.2 Å². The van der Waals surface area contributed by atoms with Gasteiger partial charge in [-0.05, 0) is 39.8 Å². The molecular weight excluding hydrogens is 190 g/mol. The van der Waals surface area contributed by atoms with Crippen LogP contribution in [-0.4, -0.2) is 12.2 Å². The van der Waals surface area contributed by atoms with E-state index in [1.54, 1.807) is 0 Å². The van der Waals surface area contributed by atoms with Crippen LogP contribution in [0.2, 0.25) is 0 Å². The summed E-state index contributed by atoms with van der Waals surface area (Å²) in [4.78, 5) is 0. The Kier molecular flexibility index (Phi) is 3.45. The standard InChI is InChI=1S/C12H19NO2/c1-5-14-9-7-6-8-10(11(9)13)15-12(2,3)4/h6-8H,5,13H2,1-4H3. The van der Waals surface area contributed by atoms with Crippen molar-refractivity contribution in [1.82, 2.24) is 0 Å². The first-order valence-electron chi connectivity index (χ1n) is 5.14. The minimum Gasteiger partial charge on any atom is -0.492 e. The smallest absolute Gasteiger partial charge is 0.146 e. The number of nitrogen functional groups attached to an aromatic ring is 1. The zero-order chi connectivity index (χ0) is 11.5. The summed E-state index contributed by atoms with van der Waals surface area (Å²) in [6.07, 6.45) is 0. The molecule has 0 atom stereocenters. The molecule has 15 heavy (non-hydrogen) atoms. The van der Waals surface area contributed by atoms with Gasteiger partial charge in [-0.3, -0.25) is 0 Å². The minimum atomic E-state index is -0.251. The normalized spacial score (nSPS) is 11.2. The summed E-state index contributed by atoms with van der Waals surface area (Å²) < 4.78 is 11.1. The van der Waals surface area contributed by atoms with E-state index in [0.29, 0.717) is 23.8 Å². The summed E-state index contributed by atoms with van der Waals surface area (Å²) in [6, 6.07) is 5.57. The molecule has 0 amide bonds. The summed E-state index contributed by atoms with van der Waals surface area (Å²) in [5.74, 6) is 1.35. The molecule has 0 saturated carbocycles. The van der Waals surface area contributed by atoms with E-state index < -0.39 is 0 Å². The van der Waals surface area contributed by atoms with Gasteiger partial charge in [0.05, 0.1) is 6.61 Å². The van der Waals surface area contributed by atoms with Crippen molar-refractivity contribution in [1.29, 1.82) is 0 Å². The molecule has 0 aliphatic rings. The first-order chi connectivity index (χ1) is 6.94. The van der Waals surface area contributed by atoms with E-state index in [1.165, 1.54) is 0 Å².